The van der Waals surface area contributed by atoms with Crippen LogP contribution in [0.4, 0.5) is 4.39 Å². The van der Waals surface area contributed by atoms with Crippen LogP contribution in [0.3, 0.4) is 0 Å². The summed E-state index contributed by atoms with van der Waals surface area (Å²) in [5.74, 6) is 0.158. The maximum Gasteiger partial charge on any atom is 0.127 e. The van der Waals surface area contributed by atoms with Gasteiger partial charge in [0.25, 0.3) is 0 Å². The number of nitrogens with zero attached hydrogens (tertiary/aromatic N) is 3. The van der Waals surface area contributed by atoms with Crippen molar-refractivity contribution in [3.8, 4) is 39.4 Å². The van der Waals surface area contributed by atoms with E-state index >= 15 is 0 Å². The summed E-state index contributed by atoms with van der Waals surface area (Å²) in [4.78, 5) is 10.6. The molecule has 7 rings (SSSR count). The zero-order valence-electron chi connectivity index (χ0n) is 22.4. The molecule has 0 saturated carbocycles. The van der Waals surface area contributed by atoms with Gasteiger partial charge in [0.05, 0.1) is 18.3 Å². The zero-order valence-corrected chi connectivity index (χ0v) is 22.4. The summed E-state index contributed by atoms with van der Waals surface area (Å²) in [6, 6.07) is 21.5. The molecule has 0 spiro atoms. The van der Waals surface area contributed by atoms with Crippen LogP contribution in [-0.4, -0.2) is 45.3 Å². The summed E-state index contributed by atoms with van der Waals surface area (Å²) in [6.07, 6.45) is 7.80. The number of aromatic nitrogens is 4. The predicted octanol–water partition coefficient (Wildman–Crippen LogP) is 7.57. The first-order chi connectivity index (χ1) is 19.6. The molecule has 0 atom stereocenters. The average molecular weight is 532 g/mol. The van der Waals surface area contributed by atoms with E-state index in [1.165, 1.54) is 37.0 Å². The first-order valence-corrected chi connectivity index (χ1v) is 13.8. The number of benzene rings is 3. The van der Waals surface area contributed by atoms with Crippen molar-refractivity contribution in [1.29, 1.82) is 0 Å². The number of likely N-dealkylation sites (tertiary alicyclic amines) is 1. The van der Waals surface area contributed by atoms with Gasteiger partial charge in [0.15, 0.2) is 0 Å². The Morgan fingerprint density at radius 2 is 1.75 bits per heavy atom. The van der Waals surface area contributed by atoms with Crippen molar-refractivity contribution in [2.45, 2.75) is 25.8 Å². The molecule has 1 fully saturated rings. The second kappa shape index (κ2) is 10.2. The van der Waals surface area contributed by atoms with E-state index < -0.39 is 0 Å². The van der Waals surface area contributed by atoms with Crippen molar-refractivity contribution in [3.05, 3.63) is 90.5 Å². The number of hydrogen-bond donors (Lipinski definition) is 2. The van der Waals surface area contributed by atoms with Crippen LogP contribution in [0.1, 0.15) is 24.8 Å². The Morgan fingerprint density at radius 1 is 0.850 bits per heavy atom. The van der Waals surface area contributed by atoms with Crippen molar-refractivity contribution < 1.29 is 9.13 Å². The first-order valence-electron chi connectivity index (χ1n) is 13.8. The number of halogens is 1. The van der Waals surface area contributed by atoms with Crippen LogP contribution in [0.15, 0.2) is 79.1 Å². The molecule has 1 aliphatic rings. The number of nitrogens with one attached hydrogen (secondary N) is 2. The molecule has 1 aliphatic heterocycles. The number of piperidine rings is 1. The summed E-state index contributed by atoms with van der Waals surface area (Å²) in [5.41, 5.74) is 8.79. The second-order valence-electron chi connectivity index (χ2n) is 10.6. The van der Waals surface area contributed by atoms with E-state index in [9.17, 15) is 4.39 Å². The molecule has 0 bridgehead atoms. The van der Waals surface area contributed by atoms with E-state index in [-0.39, 0.29) is 5.82 Å². The molecule has 3 aromatic carbocycles. The molecule has 7 heteroatoms. The van der Waals surface area contributed by atoms with Gasteiger partial charge in [-0.1, -0.05) is 24.6 Å². The first kappa shape index (κ1) is 24.5. The highest BCUT2D eigenvalue weighted by Gasteiger charge is 2.16. The summed E-state index contributed by atoms with van der Waals surface area (Å²) >= 11 is 0. The van der Waals surface area contributed by atoms with Gasteiger partial charge in [-0.15, -0.1) is 0 Å². The smallest absolute Gasteiger partial charge is 0.127 e. The normalized spacial score (nSPS) is 14.2. The minimum atomic E-state index is -0.331. The lowest BCUT2D eigenvalue weighted by molar-refractivity contribution is 0.220. The molecule has 0 radical (unpaired) electrons. The van der Waals surface area contributed by atoms with E-state index in [4.69, 9.17) is 4.74 Å². The fraction of sp³-hybridized carbons (Fsp3) is 0.212. The van der Waals surface area contributed by atoms with E-state index in [2.05, 4.69) is 55.4 Å². The third-order valence-electron chi connectivity index (χ3n) is 7.88. The number of methoxy groups -OCH3 is 1. The zero-order chi connectivity index (χ0) is 27.1. The standard InChI is InChI=1S/C33H30FN5O/c1-40-26-14-23(13-25(34)16-26)27-6-5-7-30-28(27)17-32(36-30)33-29-15-22(8-9-31(29)37-38-33)24-12-21(18-35-19-24)20-39-10-3-2-4-11-39/h5-9,12-19,36H,2-4,10-11,20H2,1H3,(H,37,38). The largest absolute Gasteiger partial charge is 0.497 e. The number of H-pyrrole nitrogens is 2. The minimum Gasteiger partial charge on any atom is -0.497 e. The molecule has 40 heavy (non-hydrogen) atoms. The molecule has 6 nitrogen and oxygen atoms in total. The van der Waals surface area contributed by atoms with Gasteiger partial charge in [0.2, 0.25) is 0 Å². The molecule has 200 valence electrons. The molecule has 4 heterocycles. The number of rotatable bonds is 6. The summed E-state index contributed by atoms with van der Waals surface area (Å²) in [7, 11) is 1.55. The van der Waals surface area contributed by atoms with Crippen LogP contribution < -0.4 is 4.74 Å². The average Bonchev–Trinajstić information content (AvgIpc) is 3.61. The van der Waals surface area contributed by atoms with Crippen LogP contribution in [-0.2, 0) is 6.54 Å². The fourth-order valence-electron chi connectivity index (χ4n) is 5.88. The highest BCUT2D eigenvalue weighted by Crippen LogP contribution is 2.36. The maximum atomic E-state index is 14.3. The van der Waals surface area contributed by atoms with Crippen molar-refractivity contribution >= 4 is 21.8 Å². The lowest BCUT2D eigenvalue weighted by Crippen LogP contribution is -2.29. The van der Waals surface area contributed by atoms with Crippen molar-refractivity contribution in [1.82, 2.24) is 25.1 Å². The third-order valence-corrected chi connectivity index (χ3v) is 7.88. The van der Waals surface area contributed by atoms with Crippen molar-refractivity contribution in [3.63, 3.8) is 0 Å². The van der Waals surface area contributed by atoms with Crippen LogP contribution in [0.5, 0.6) is 5.75 Å². The van der Waals surface area contributed by atoms with Gasteiger partial charge < -0.3 is 9.72 Å². The third kappa shape index (κ3) is 4.62. The lowest BCUT2D eigenvalue weighted by atomic mass is 10.0. The van der Waals surface area contributed by atoms with Crippen LogP contribution in [0.2, 0.25) is 0 Å². The summed E-state index contributed by atoms with van der Waals surface area (Å²) in [5, 5.41) is 9.88. The Kier molecular flexibility index (Phi) is 6.28. The van der Waals surface area contributed by atoms with E-state index in [1.807, 2.05) is 36.7 Å². The highest BCUT2D eigenvalue weighted by atomic mass is 19.1. The van der Waals surface area contributed by atoms with Crippen LogP contribution in [0.25, 0.3) is 55.4 Å². The van der Waals surface area contributed by atoms with Crippen LogP contribution >= 0.6 is 0 Å². The Labute approximate surface area is 231 Å². The van der Waals surface area contributed by atoms with Gasteiger partial charge in [0.1, 0.15) is 17.3 Å². The molecule has 2 N–H and O–H groups in total. The lowest BCUT2D eigenvalue weighted by Gasteiger charge is -2.26. The van der Waals surface area contributed by atoms with Gasteiger partial charge in [0, 0.05) is 46.9 Å². The second-order valence-corrected chi connectivity index (χ2v) is 10.6. The maximum absolute atomic E-state index is 14.3. The quantitative estimate of drug-likeness (QED) is 0.233. The Bertz CT molecular complexity index is 1830. The number of aromatic amines is 2. The van der Waals surface area contributed by atoms with Crippen molar-refractivity contribution in [2.75, 3.05) is 20.2 Å². The van der Waals surface area contributed by atoms with Gasteiger partial charge in [-0.3, -0.25) is 15.0 Å². The van der Waals surface area contributed by atoms with Crippen molar-refractivity contribution in [2.24, 2.45) is 0 Å². The molecule has 3 aromatic heterocycles. The Morgan fingerprint density at radius 3 is 2.62 bits per heavy atom. The van der Waals surface area contributed by atoms with Gasteiger partial charge in [-0.25, -0.2) is 4.39 Å². The number of fused-ring (bicyclic) bond motifs is 2. The SMILES string of the molecule is COc1cc(F)cc(-c2cccc3[nH]c(-c4n[nH]c5ccc(-c6cncc(CN7CCCCC7)c6)cc45)cc23)c1. The monoisotopic (exact) mass is 531 g/mol. The van der Waals surface area contributed by atoms with Gasteiger partial charge >= 0.3 is 0 Å². The van der Waals surface area contributed by atoms with E-state index in [0.29, 0.717) is 5.75 Å². The topological polar surface area (TPSA) is 69.8 Å². The molecular weight excluding hydrogens is 501 g/mol. The molecule has 0 aliphatic carbocycles. The summed E-state index contributed by atoms with van der Waals surface area (Å²) < 4.78 is 19.6. The molecule has 6 aromatic rings. The van der Waals surface area contributed by atoms with E-state index in [1.54, 1.807) is 7.11 Å². The number of hydrogen-bond acceptors (Lipinski definition) is 4. The summed E-state index contributed by atoms with van der Waals surface area (Å²) in [6.45, 7) is 3.26. The molecule has 0 unspecified atom stereocenters. The Hall–Kier alpha value is -4.49. The highest BCUT2D eigenvalue weighted by molar-refractivity contribution is 6.02. The van der Waals surface area contributed by atoms with Gasteiger partial charge in [-0.2, -0.15) is 5.10 Å². The number of ether oxygens (including phenoxy) is 1. The van der Waals surface area contributed by atoms with Gasteiger partial charge in [-0.05, 0) is 90.6 Å². The fourth-order valence-corrected chi connectivity index (χ4v) is 5.88. The molecule has 1 saturated heterocycles. The molecule has 0 amide bonds. The van der Waals surface area contributed by atoms with E-state index in [0.717, 1.165) is 75.1 Å². The minimum absolute atomic E-state index is 0.331. The molecular formula is C33H30FN5O. The number of pyridine rings is 1. The Balaban J connectivity index is 1.26. The van der Waals surface area contributed by atoms with Crippen LogP contribution in [0, 0.1) is 5.82 Å². The predicted molar refractivity (Wildman–Crippen MR) is 158 cm³/mol.